The van der Waals surface area contributed by atoms with Crippen LogP contribution in [0.1, 0.15) is 5.56 Å². The summed E-state index contributed by atoms with van der Waals surface area (Å²) in [6.07, 6.45) is 1.57. The molecule has 0 fully saturated rings. The minimum absolute atomic E-state index is 0.292. The highest BCUT2D eigenvalue weighted by atomic mass is 32.1. The van der Waals surface area contributed by atoms with Crippen molar-refractivity contribution < 1.29 is 8.78 Å². The molecule has 1 heterocycles. The monoisotopic (exact) mass is 329 g/mol. The van der Waals surface area contributed by atoms with Gasteiger partial charge >= 0.3 is 0 Å². The first-order valence-corrected chi connectivity index (χ1v) is 7.74. The first kappa shape index (κ1) is 15.3. The van der Waals surface area contributed by atoms with Crippen molar-refractivity contribution >= 4 is 17.6 Å². The molecule has 116 valence electrons. The van der Waals surface area contributed by atoms with Crippen molar-refractivity contribution in [2.24, 2.45) is 10.1 Å². The molecule has 0 spiro atoms. The van der Waals surface area contributed by atoms with Crippen LogP contribution >= 0.6 is 11.3 Å². The lowest BCUT2D eigenvalue weighted by Crippen LogP contribution is -2.11. The topological polar surface area (TPSA) is 29.6 Å². The fourth-order valence-corrected chi connectivity index (χ4v) is 2.90. The fraction of sp³-hybridized carbons (Fsp3) is 0.0588. The third-order valence-electron chi connectivity index (χ3n) is 3.19. The number of hydrogen-bond acceptors (Lipinski definition) is 3. The van der Waals surface area contributed by atoms with Crippen LogP contribution in [0.25, 0.3) is 11.3 Å². The highest BCUT2D eigenvalue weighted by Gasteiger charge is 2.07. The van der Waals surface area contributed by atoms with Crippen LogP contribution in [0, 0.1) is 11.6 Å². The molecule has 0 aliphatic carbocycles. The van der Waals surface area contributed by atoms with E-state index in [9.17, 15) is 8.78 Å². The van der Waals surface area contributed by atoms with Gasteiger partial charge in [-0.15, -0.1) is 11.3 Å². The maximum absolute atomic E-state index is 13.2. The predicted octanol–water partition coefficient (Wildman–Crippen LogP) is 3.91. The molecule has 0 atom stereocenters. The van der Waals surface area contributed by atoms with Gasteiger partial charge in [0.25, 0.3) is 0 Å². The smallest absolute Gasteiger partial charge is 0.205 e. The maximum atomic E-state index is 13.2. The summed E-state index contributed by atoms with van der Waals surface area (Å²) < 4.78 is 28.0. The standard InChI is InChI=1S/C17H13F2N3S/c1-20-17-22(21-10-12-3-2-4-15(19)9-12)16(11-23-17)13-5-7-14(18)8-6-13/h2-11H,1H3. The first-order chi connectivity index (χ1) is 11.2. The van der Waals surface area contributed by atoms with Crippen molar-refractivity contribution in [1.29, 1.82) is 0 Å². The van der Waals surface area contributed by atoms with E-state index in [0.29, 0.717) is 10.4 Å². The molecule has 1 aromatic heterocycles. The molecule has 2 aromatic carbocycles. The second-order valence-electron chi connectivity index (χ2n) is 4.75. The minimum atomic E-state index is -0.316. The van der Waals surface area contributed by atoms with Crippen molar-refractivity contribution in [2.75, 3.05) is 7.05 Å². The van der Waals surface area contributed by atoms with Gasteiger partial charge in [0.15, 0.2) is 0 Å². The van der Waals surface area contributed by atoms with Crippen LogP contribution in [0.3, 0.4) is 0 Å². The first-order valence-electron chi connectivity index (χ1n) is 6.86. The van der Waals surface area contributed by atoms with Gasteiger partial charge in [0.1, 0.15) is 11.6 Å². The van der Waals surface area contributed by atoms with Crippen LogP contribution in [0.4, 0.5) is 8.78 Å². The van der Waals surface area contributed by atoms with Gasteiger partial charge in [0.05, 0.1) is 11.9 Å². The molecule has 3 aromatic rings. The Bertz CT molecular complexity index is 908. The van der Waals surface area contributed by atoms with E-state index in [4.69, 9.17) is 0 Å². The van der Waals surface area contributed by atoms with Gasteiger partial charge in [-0.05, 0) is 42.0 Å². The van der Waals surface area contributed by atoms with E-state index in [2.05, 4.69) is 10.1 Å². The summed E-state index contributed by atoms with van der Waals surface area (Å²) in [7, 11) is 1.68. The SMILES string of the molecule is CN=c1scc(-c2ccc(F)cc2)n1N=Cc1cccc(F)c1. The summed E-state index contributed by atoms with van der Waals surface area (Å²) in [4.78, 5) is 4.88. The minimum Gasteiger partial charge on any atom is -0.261 e. The van der Waals surface area contributed by atoms with Crippen molar-refractivity contribution in [1.82, 2.24) is 4.68 Å². The van der Waals surface area contributed by atoms with Crippen molar-refractivity contribution in [3.8, 4) is 11.3 Å². The molecule has 6 heteroatoms. The van der Waals surface area contributed by atoms with E-state index in [0.717, 1.165) is 11.3 Å². The number of benzene rings is 2. The molecule has 0 aliphatic rings. The number of thiazole rings is 1. The largest absolute Gasteiger partial charge is 0.261 e. The molecule has 0 saturated heterocycles. The van der Waals surface area contributed by atoms with E-state index >= 15 is 0 Å². The van der Waals surface area contributed by atoms with Crippen molar-refractivity contribution in [3.63, 3.8) is 0 Å². The zero-order chi connectivity index (χ0) is 16.2. The molecule has 0 unspecified atom stereocenters. The lowest BCUT2D eigenvalue weighted by Gasteiger charge is -2.03. The Morgan fingerprint density at radius 3 is 2.52 bits per heavy atom. The molecule has 0 aliphatic heterocycles. The maximum Gasteiger partial charge on any atom is 0.205 e. The molecular formula is C17H13F2N3S. The zero-order valence-corrected chi connectivity index (χ0v) is 13.1. The second-order valence-corrected chi connectivity index (χ2v) is 5.58. The van der Waals surface area contributed by atoms with Crippen LogP contribution in [-0.2, 0) is 0 Å². The molecule has 23 heavy (non-hydrogen) atoms. The number of rotatable bonds is 3. The zero-order valence-electron chi connectivity index (χ0n) is 12.3. The van der Waals surface area contributed by atoms with Gasteiger partial charge in [-0.1, -0.05) is 12.1 Å². The third kappa shape index (κ3) is 3.43. The summed E-state index contributed by atoms with van der Waals surface area (Å²) in [6.45, 7) is 0. The van der Waals surface area contributed by atoms with Crippen molar-refractivity contribution in [2.45, 2.75) is 0 Å². The molecule has 0 N–H and O–H groups in total. The average molecular weight is 329 g/mol. The molecule has 3 nitrogen and oxygen atoms in total. The third-order valence-corrected chi connectivity index (χ3v) is 4.10. The number of aromatic nitrogens is 1. The molecule has 0 radical (unpaired) electrons. The second kappa shape index (κ2) is 6.66. The predicted molar refractivity (Wildman–Crippen MR) is 88.6 cm³/mol. The highest BCUT2D eigenvalue weighted by Crippen LogP contribution is 2.20. The summed E-state index contributed by atoms with van der Waals surface area (Å²) in [5, 5.41) is 6.30. The molecule has 0 bridgehead atoms. The average Bonchev–Trinajstić information content (AvgIpc) is 2.96. The molecular weight excluding hydrogens is 316 g/mol. The quantitative estimate of drug-likeness (QED) is 0.652. The van der Waals surface area contributed by atoms with Gasteiger partial charge < -0.3 is 0 Å². The summed E-state index contributed by atoms with van der Waals surface area (Å²) in [5.74, 6) is -0.609. The highest BCUT2D eigenvalue weighted by molar-refractivity contribution is 7.07. The van der Waals surface area contributed by atoms with Crippen LogP contribution in [-0.4, -0.2) is 17.9 Å². The van der Waals surface area contributed by atoms with Gasteiger partial charge in [-0.25, -0.2) is 13.5 Å². The van der Waals surface area contributed by atoms with E-state index in [-0.39, 0.29) is 11.6 Å². The van der Waals surface area contributed by atoms with Crippen LogP contribution in [0.2, 0.25) is 0 Å². The Morgan fingerprint density at radius 2 is 1.83 bits per heavy atom. The Hall–Kier alpha value is -2.60. The normalized spacial score (nSPS) is 12.2. The summed E-state index contributed by atoms with van der Waals surface area (Å²) in [6, 6.07) is 12.3. The van der Waals surface area contributed by atoms with Crippen LogP contribution in [0.5, 0.6) is 0 Å². The van der Waals surface area contributed by atoms with Gasteiger partial charge in [0.2, 0.25) is 4.80 Å². The lowest BCUT2D eigenvalue weighted by molar-refractivity contribution is 0.627. The van der Waals surface area contributed by atoms with E-state index < -0.39 is 0 Å². The Labute approximate surface area is 135 Å². The van der Waals surface area contributed by atoms with E-state index in [1.54, 1.807) is 42.2 Å². The lowest BCUT2D eigenvalue weighted by atomic mass is 10.2. The number of halogens is 2. The van der Waals surface area contributed by atoms with Gasteiger partial charge in [-0.2, -0.15) is 5.10 Å². The molecule has 3 rings (SSSR count). The fourth-order valence-electron chi connectivity index (χ4n) is 2.09. The Balaban J connectivity index is 2.04. The Morgan fingerprint density at radius 1 is 1.04 bits per heavy atom. The van der Waals surface area contributed by atoms with Gasteiger partial charge in [-0.3, -0.25) is 4.99 Å². The van der Waals surface area contributed by atoms with E-state index in [1.165, 1.54) is 35.6 Å². The van der Waals surface area contributed by atoms with E-state index in [1.807, 2.05) is 5.38 Å². The molecule has 0 amide bonds. The Kier molecular flexibility index (Phi) is 4.43. The summed E-state index contributed by atoms with van der Waals surface area (Å²) in [5.41, 5.74) is 2.27. The number of nitrogens with zero attached hydrogens (tertiary/aromatic N) is 3. The molecule has 0 saturated carbocycles. The summed E-state index contributed by atoms with van der Waals surface area (Å²) >= 11 is 1.43. The van der Waals surface area contributed by atoms with Crippen LogP contribution < -0.4 is 4.80 Å². The van der Waals surface area contributed by atoms with Crippen molar-refractivity contribution in [3.05, 3.63) is 75.9 Å². The van der Waals surface area contributed by atoms with Crippen LogP contribution in [0.15, 0.2) is 64.0 Å². The van der Waals surface area contributed by atoms with Gasteiger partial charge in [0, 0.05) is 18.0 Å². The number of hydrogen-bond donors (Lipinski definition) is 0.